The summed E-state index contributed by atoms with van der Waals surface area (Å²) in [5.41, 5.74) is 7.10. The summed E-state index contributed by atoms with van der Waals surface area (Å²) < 4.78 is 0. The van der Waals surface area contributed by atoms with Gasteiger partial charge in [0.05, 0.1) is 5.56 Å². The number of carboxylic acid groups (broad SMARTS) is 1. The molecule has 0 heterocycles. The highest BCUT2D eigenvalue weighted by molar-refractivity contribution is 5.89. The minimum atomic E-state index is -0.863. The second-order valence-corrected chi connectivity index (χ2v) is 4.95. The van der Waals surface area contributed by atoms with Crippen molar-refractivity contribution in [2.24, 2.45) is 5.73 Å². The summed E-state index contributed by atoms with van der Waals surface area (Å²) in [5.74, 6) is -0.863. The molecule has 1 saturated carbocycles. The van der Waals surface area contributed by atoms with E-state index in [-0.39, 0.29) is 0 Å². The number of rotatable bonds is 4. The zero-order valence-electron chi connectivity index (χ0n) is 10.4. The fourth-order valence-corrected chi connectivity index (χ4v) is 2.46. The Morgan fingerprint density at radius 3 is 2.61 bits per heavy atom. The number of hydrogen-bond donors (Lipinski definition) is 3. The topological polar surface area (TPSA) is 75.3 Å². The molecule has 0 spiro atoms. The van der Waals surface area contributed by atoms with E-state index in [4.69, 9.17) is 10.8 Å². The summed E-state index contributed by atoms with van der Waals surface area (Å²) >= 11 is 0. The predicted octanol–water partition coefficient (Wildman–Crippen LogP) is 1.74. The molecule has 0 unspecified atom stereocenters. The average molecular weight is 248 g/mol. The molecule has 1 aromatic carbocycles. The quantitative estimate of drug-likeness (QED) is 0.758. The molecule has 1 aliphatic rings. The van der Waals surface area contributed by atoms with Gasteiger partial charge in [-0.25, -0.2) is 4.79 Å². The van der Waals surface area contributed by atoms with Crippen molar-refractivity contribution in [2.75, 3.05) is 0 Å². The molecule has 1 aliphatic carbocycles. The molecule has 0 saturated heterocycles. The Balaban J connectivity index is 1.92. The molecule has 0 atom stereocenters. The molecule has 98 valence electrons. The summed E-state index contributed by atoms with van der Waals surface area (Å²) in [6.07, 6.45) is 4.27. The maximum atomic E-state index is 11.1. The van der Waals surface area contributed by atoms with E-state index in [0.29, 0.717) is 24.2 Å². The van der Waals surface area contributed by atoms with Crippen LogP contribution in [-0.4, -0.2) is 23.2 Å². The molecule has 1 fully saturated rings. The summed E-state index contributed by atoms with van der Waals surface area (Å²) in [7, 11) is 0. The van der Waals surface area contributed by atoms with Crippen LogP contribution < -0.4 is 11.1 Å². The van der Waals surface area contributed by atoms with Crippen LogP contribution >= 0.6 is 0 Å². The molecule has 0 aliphatic heterocycles. The van der Waals surface area contributed by atoms with E-state index in [9.17, 15) is 4.79 Å². The number of carbonyl (C=O) groups is 1. The van der Waals surface area contributed by atoms with E-state index in [1.54, 1.807) is 12.1 Å². The maximum Gasteiger partial charge on any atom is 0.336 e. The molecule has 0 radical (unpaired) electrons. The van der Waals surface area contributed by atoms with E-state index >= 15 is 0 Å². The summed E-state index contributed by atoms with van der Waals surface area (Å²) in [6.45, 7) is 0.613. The fraction of sp³-hybridized carbons (Fsp3) is 0.500. The minimum Gasteiger partial charge on any atom is -0.478 e. The second-order valence-electron chi connectivity index (χ2n) is 4.95. The first-order valence-corrected chi connectivity index (χ1v) is 6.47. The highest BCUT2D eigenvalue weighted by atomic mass is 16.4. The fourth-order valence-electron chi connectivity index (χ4n) is 2.46. The van der Waals surface area contributed by atoms with Gasteiger partial charge in [0.1, 0.15) is 0 Å². The molecule has 18 heavy (non-hydrogen) atoms. The van der Waals surface area contributed by atoms with Crippen LogP contribution in [0.15, 0.2) is 24.3 Å². The van der Waals surface area contributed by atoms with Crippen molar-refractivity contribution in [2.45, 2.75) is 44.3 Å². The van der Waals surface area contributed by atoms with Crippen LogP contribution in [0.2, 0.25) is 0 Å². The Bertz CT molecular complexity index is 412. The Kier molecular flexibility index (Phi) is 4.33. The summed E-state index contributed by atoms with van der Waals surface area (Å²) in [5, 5.41) is 12.5. The standard InChI is InChI=1S/C14H20N2O2/c15-11-5-7-12(8-6-11)16-9-10-3-1-2-4-13(10)14(17)18/h1-4,11-12,16H,5-9,15H2,(H,17,18). The van der Waals surface area contributed by atoms with E-state index in [1.807, 2.05) is 12.1 Å². The zero-order valence-corrected chi connectivity index (χ0v) is 10.4. The van der Waals surface area contributed by atoms with Crippen LogP contribution in [0, 0.1) is 0 Å². The Labute approximate surface area is 107 Å². The van der Waals surface area contributed by atoms with Crippen molar-refractivity contribution < 1.29 is 9.90 Å². The van der Waals surface area contributed by atoms with Gasteiger partial charge in [-0.1, -0.05) is 18.2 Å². The van der Waals surface area contributed by atoms with Gasteiger partial charge >= 0.3 is 5.97 Å². The molecule has 0 bridgehead atoms. The van der Waals surface area contributed by atoms with Gasteiger partial charge in [0.25, 0.3) is 0 Å². The lowest BCUT2D eigenvalue weighted by atomic mass is 9.91. The monoisotopic (exact) mass is 248 g/mol. The number of nitrogens with one attached hydrogen (secondary N) is 1. The van der Waals surface area contributed by atoms with Crippen molar-refractivity contribution in [3.05, 3.63) is 35.4 Å². The smallest absolute Gasteiger partial charge is 0.336 e. The largest absolute Gasteiger partial charge is 0.478 e. The number of benzene rings is 1. The van der Waals surface area contributed by atoms with E-state index in [2.05, 4.69) is 5.32 Å². The minimum absolute atomic E-state index is 0.342. The van der Waals surface area contributed by atoms with Crippen molar-refractivity contribution in [1.82, 2.24) is 5.32 Å². The first-order valence-electron chi connectivity index (χ1n) is 6.47. The zero-order chi connectivity index (χ0) is 13.0. The van der Waals surface area contributed by atoms with Gasteiger partial charge in [-0.3, -0.25) is 0 Å². The average Bonchev–Trinajstić information content (AvgIpc) is 2.38. The lowest BCUT2D eigenvalue weighted by Crippen LogP contribution is -2.37. The summed E-state index contributed by atoms with van der Waals surface area (Å²) in [4.78, 5) is 11.1. The predicted molar refractivity (Wildman–Crippen MR) is 70.5 cm³/mol. The van der Waals surface area contributed by atoms with Crippen molar-refractivity contribution in [1.29, 1.82) is 0 Å². The number of hydrogen-bond acceptors (Lipinski definition) is 3. The van der Waals surface area contributed by atoms with E-state index in [0.717, 1.165) is 31.2 Å². The molecule has 0 amide bonds. The molecular formula is C14H20N2O2. The number of carboxylic acids is 1. The SMILES string of the molecule is NC1CCC(NCc2ccccc2C(=O)O)CC1. The molecule has 0 aromatic heterocycles. The summed E-state index contributed by atoms with van der Waals surface area (Å²) in [6, 6.07) is 7.95. The first-order chi connectivity index (χ1) is 8.66. The van der Waals surface area contributed by atoms with Gasteiger partial charge < -0.3 is 16.2 Å². The highest BCUT2D eigenvalue weighted by Crippen LogP contribution is 2.18. The van der Waals surface area contributed by atoms with Crippen LogP contribution in [0.3, 0.4) is 0 Å². The third kappa shape index (κ3) is 3.31. The second kappa shape index (κ2) is 5.98. The van der Waals surface area contributed by atoms with Gasteiger partial charge in [-0.15, -0.1) is 0 Å². The van der Waals surface area contributed by atoms with E-state index in [1.165, 1.54) is 0 Å². The Morgan fingerprint density at radius 1 is 1.28 bits per heavy atom. The van der Waals surface area contributed by atoms with Crippen LogP contribution in [0.5, 0.6) is 0 Å². The maximum absolute atomic E-state index is 11.1. The molecule has 4 N–H and O–H groups in total. The van der Waals surface area contributed by atoms with Gasteiger partial charge in [-0.2, -0.15) is 0 Å². The number of nitrogens with two attached hydrogens (primary N) is 1. The van der Waals surface area contributed by atoms with Crippen molar-refractivity contribution in [3.63, 3.8) is 0 Å². The van der Waals surface area contributed by atoms with E-state index < -0.39 is 5.97 Å². The third-order valence-electron chi connectivity index (χ3n) is 3.60. The van der Waals surface area contributed by atoms with Gasteiger partial charge in [0.15, 0.2) is 0 Å². The van der Waals surface area contributed by atoms with Crippen LogP contribution in [0.1, 0.15) is 41.6 Å². The molecular weight excluding hydrogens is 228 g/mol. The Morgan fingerprint density at radius 2 is 1.94 bits per heavy atom. The molecule has 4 nitrogen and oxygen atoms in total. The van der Waals surface area contributed by atoms with Crippen LogP contribution in [0.25, 0.3) is 0 Å². The van der Waals surface area contributed by atoms with Gasteiger partial charge in [0.2, 0.25) is 0 Å². The van der Waals surface area contributed by atoms with Gasteiger partial charge in [0, 0.05) is 18.6 Å². The number of aromatic carboxylic acids is 1. The third-order valence-corrected chi connectivity index (χ3v) is 3.60. The molecule has 4 heteroatoms. The highest BCUT2D eigenvalue weighted by Gasteiger charge is 2.18. The van der Waals surface area contributed by atoms with Crippen molar-refractivity contribution >= 4 is 5.97 Å². The normalized spacial score (nSPS) is 23.8. The van der Waals surface area contributed by atoms with Gasteiger partial charge in [-0.05, 0) is 37.3 Å². The van der Waals surface area contributed by atoms with Crippen molar-refractivity contribution in [3.8, 4) is 0 Å². The van der Waals surface area contributed by atoms with Crippen LogP contribution in [-0.2, 0) is 6.54 Å². The first kappa shape index (κ1) is 13.1. The molecule has 1 aromatic rings. The molecule has 2 rings (SSSR count). The lowest BCUT2D eigenvalue weighted by Gasteiger charge is -2.27. The lowest BCUT2D eigenvalue weighted by molar-refractivity contribution is 0.0695. The Hall–Kier alpha value is -1.39. The van der Waals surface area contributed by atoms with Crippen LogP contribution in [0.4, 0.5) is 0 Å².